The second-order valence-corrected chi connectivity index (χ2v) is 8.04. The molecule has 2 heterocycles. The Balaban J connectivity index is 1.45. The van der Waals surface area contributed by atoms with Crippen molar-refractivity contribution in [3.05, 3.63) is 119 Å². The molecule has 1 amide bonds. The Labute approximate surface area is 186 Å². The second kappa shape index (κ2) is 8.44. The molecule has 0 spiro atoms. The number of rotatable bonds is 6. The fourth-order valence-corrected chi connectivity index (χ4v) is 4.42. The van der Waals surface area contributed by atoms with E-state index in [-0.39, 0.29) is 24.1 Å². The monoisotopic (exact) mass is 425 g/mol. The van der Waals surface area contributed by atoms with E-state index in [0.29, 0.717) is 13.0 Å². The van der Waals surface area contributed by atoms with Crippen molar-refractivity contribution in [2.45, 2.75) is 24.8 Å². The summed E-state index contributed by atoms with van der Waals surface area (Å²) >= 11 is 0. The van der Waals surface area contributed by atoms with Crippen molar-refractivity contribution in [3.8, 4) is 0 Å². The molecule has 2 aliphatic rings. The summed E-state index contributed by atoms with van der Waals surface area (Å²) in [5.41, 5.74) is 1.87. The zero-order valence-corrected chi connectivity index (χ0v) is 17.5. The zero-order chi connectivity index (χ0) is 22.0. The van der Waals surface area contributed by atoms with Crippen molar-refractivity contribution >= 4 is 11.9 Å². The first-order valence-corrected chi connectivity index (χ1v) is 10.7. The van der Waals surface area contributed by atoms with Gasteiger partial charge in [-0.05, 0) is 22.8 Å². The van der Waals surface area contributed by atoms with Crippen LogP contribution in [0.2, 0.25) is 0 Å². The highest BCUT2D eigenvalue weighted by molar-refractivity contribution is 6.18. The lowest BCUT2D eigenvalue weighted by molar-refractivity contribution is -0.144. The van der Waals surface area contributed by atoms with Gasteiger partial charge in [-0.3, -0.25) is 9.69 Å². The van der Waals surface area contributed by atoms with Crippen LogP contribution in [0.15, 0.2) is 103 Å². The lowest BCUT2D eigenvalue weighted by atomic mass is 10.0. The lowest BCUT2D eigenvalue weighted by Crippen LogP contribution is -2.45. The molecule has 1 fully saturated rings. The van der Waals surface area contributed by atoms with Gasteiger partial charge in [-0.2, -0.15) is 0 Å². The predicted molar refractivity (Wildman–Crippen MR) is 119 cm³/mol. The largest absolute Gasteiger partial charge is 0.457 e. The van der Waals surface area contributed by atoms with Crippen LogP contribution in [0.5, 0.6) is 0 Å². The van der Waals surface area contributed by atoms with Gasteiger partial charge in [-0.25, -0.2) is 4.79 Å². The summed E-state index contributed by atoms with van der Waals surface area (Å²) in [6, 6.07) is 28.8. The van der Waals surface area contributed by atoms with Crippen LogP contribution >= 0.6 is 0 Å². The molecule has 2 aliphatic heterocycles. The van der Waals surface area contributed by atoms with Crippen molar-refractivity contribution in [3.63, 3.8) is 0 Å². The summed E-state index contributed by atoms with van der Waals surface area (Å²) in [6.45, 7) is 0.477. The van der Waals surface area contributed by atoms with Crippen molar-refractivity contribution in [1.82, 2.24) is 4.90 Å². The lowest BCUT2D eigenvalue weighted by Gasteiger charge is -2.32. The smallest absolute Gasteiger partial charge is 0.343 e. The minimum absolute atomic E-state index is 0.0255. The van der Waals surface area contributed by atoms with Crippen LogP contribution in [0.1, 0.15) is 22.7 Å². The molecule has 0 N–H and O–H groups in total. The van der Waals surface area contributed by atoms with Gasteiger partial charge in [0.05, 0.1) is 12.6 Å². The molecule has 3 aromatic carbocycles. The maximum absolute atomic E-state index is 13.5. The molecule has 160 valence electrons. The maximum atomic E-state index is 13.5. The third kappa shape index (κ3) is 3.72. The van der Waals surface area contributed by atoms with Gasteiger partial charge in [-0.15, -0.1) is 0 Å². The van der Waals surface area contributed by atoms with E-state index in [1.54, 1.807) is 11.0 Å². The van der Waals surface area contributed by atoms with E-state index >= 15 is 0 Å². The third-order valence-electron chi connectivity index (χ3n) is 5.95. The fourth-order valence-electron chi connectivity index (χ4n) is 4.42. The van der Waals surface area contributed by atoms with Gasteiger partial charge in [0.2, 0.25) is 0 Å². The molecule has 0 saturated carbocycles. The Kier molecular flexibility index (Phi) is 5.33. The molecule has 0 radical (unpaired) electrons. The molecule has 0 unspecified atom stereocenters. The molecule has 1 saturated heterocycles. The Morgan fingerprint density at radius 3 is 2.16 bits per heavy atom. The SMILES string of the molecule is O=C(OCc1ccccc1)C1=C[C@@]2(Cc3ccccc3)OC[C@H](c3ccccc3)N2C1=O. The Morgan fingerprint density at radius 2 is 1.50 bits per heavy atom. The number of fused-ring (bicyclic) bond motifs is 1. The molecule has 0 aromatic heterocycles. The van der Waals surface area contributed by atoms with Crippen molar-refractivity contribution < 1.29 is 19.1 Å². The van der Waals surface area contributed by atoms with Gasteiger partial charge < -0.3 is 9.47 Å². The molecular weight excluding hydrogens is 402 g/mol. The Bertz CT molecular complexity index is 1140. The Hall–Kier alpha value is -3.70. The summed E-state index contributed by atoms with van der Waals surface area (Å²) in [4.78, 5) is 28.1. The molecule has 5 heteroatoms. The van der Waals surface area contributed by atoms with E-state index in [0.717, 1.165) is 16.7 Å². The van der Waals surface area contributed by atoms with Crippen LogP contribution in [0.4, 0.5) is 0 Å². The number of hydrogen-bond donors (Lipinski definition) is 0. The first kappa shape index (κ1) is 20.2. The molecule has 32 heavy (non-hydrogen) atoms. The summed E-state index contributed by atoms with van der Waals surface area (Å²) in [6.07, 6.45) is 2.11. The predicted octanol–water partition coefficient (Wildman–Crippen LogP) is 4.21. The van der Waals surface area contributed by atoms with E-state index in [9.17, 15) is 9.59 Å². The summed E-state index contributed by atoms with van der Waals surface area (Å²) < 4.78 is 11.7. The third-order valence-corrected chi connectivity index (χ3v) is 5.95. The quantitative estimate of drug-likeness (QED) is 0.439. The van der Waals surface area contributed by atoms with Gasteiger partial charge in [0.25, 0.3) is 5.91 Å². The second-order valence-electron chi connectivity index (χ2n) is 8.04. The van der Waals surface area contributed by atoms with Gasteiger partial charge in [0, 0.05) is 6.42 Å². The summed E-state index contributed by atoms with van der Waals surface area (Å²) in [7, 11) is 0. The molecule has 3 aromatic rings. The first-order chi connectivity index (χ1) is 15.7. The molecular formula is C27H23NO4. The van der Waals surface area contributed by atoms with Crippen LogP contribution in [0, 0.1) is 0 Å². The van der Waals surface area contributed by atoms with E-state index in [2.05, 4.69) is 0 Å². The van der Waals surface area contributed by atoms with Crippen LogP contribution in [0.3, 0.4) is 0 Å². The molecule has 5 rings (SSSR count). The number of esters is 1. The number of amides is 1. The average Bonchev–Trinajstić information content (AvgIpc) is 3.34. The van der Waals surface area contributed by atoms with Gasteiger partial charge in [0.1, 0.15) is 12.2 Å². The highest BCUT2D eigenvalue weighted by Gasteiger charge is 2.56. The van der Waals surface area contributed by atoms with Gasteiger partial charge >= 0.3 is 5.97 Å². The molecule has 2 atom stereocenters. The standard InChI is InChI=1S/C27H23NO4/c29-25-23(26(30)31-18-21-12-6-2-7-13-21)17-27(16-20-10-4-1-5-11-20)28(25)24(19-32-27)22-14-8-3-9-15-22/h1-15,17,24H,16,18-19H2/t24-,27-/m1/s1. The highest BCUT2D eigenvalue weighted by atomic mass is 16.5. The van der Waals surface area contributed by atoms with Crippen molar-refractivity contribution in [1.29, 1.82) is 0 Å². The highest BCUT2D eigenvalue weighted by Crippen LogP contribution is 2.45. The number of carbonyl (C=O) groups is 2. The van der Waals surface area contributed by atoms with Crippen LogP contribution < -0.4 is 0 Å². The van der Waals surface area contributed by atoms with Gasteiger partial charge in [-0.1, -0.05) is 91.0 Å². The summed E-state index contributed by atoms with van der Waals surface area (Å²) in [5, 5.41) is 0. The normalized spacial score (nSPS) is 21.9. The number of benzene rings is 3. The number of nitrogens with zero attached hydrogens (tertiary/aromatic N) is 1. The molecule has 0 aliphatic carbocycles. The van der Waals surface area contributed by atoms with E-state index in [4.69, 9.17) is 9.47 Å². The van der Waals surface area contributed by atoms with E-state index in [1.807, 2.05) is 91.0 Å². The van der Waals surface area contributed by atoms with Crippen molar-refractivity contribution in [2.75, 3.05) is 6.61 Å². The summed E-state index contributed by atoms with van der Waals surface area (Å²) in [5.74, 6) is -0.985. The van der Waals surface area contributed by atoms with E-state index < -0.39 is 11.7 Å². The average molecular weight is 425 g/mol. The maximum Gasteiger partial charge on any atom is 0.343 e. The minimum atomic E-state index is -1.01. The zero-order valence-electron chi connectivity index (χ0n) is 17.5. The Morgan fingerprint density at radius 1 is 0.906 bits per heavy atom. The number of hydrogen-bond acceptors (Lipinski definition) is 4. The first-order valence-electron chi connectivity index (χ1n) is 10.7. The molecule has 0 bridgehead atoms. The van der Waals surface area contributed by atoms with Crippen LogP contribution in [-0.4, -0.2) is 29.1 Å². The van der Waals surface area contributed by atoms with E-state index in [1.165, 1.54) is 0 Å². The van der Waals surface area contributed by atoms with Gasteiger partial charge in [0.15, 0.2) is 5.72 Å². The fraction of sp³-hybridized carbons (Fsp3) is 0.185. The van der Waals surface area contributed by atoms with Crippen LogP contribution in [0.25, 0.3) is 0 Å². The topological polar surface area (TPSA) is 55.8 Å². The van der Waals surface area contributed by atoms with Crippen LogP contribution in [-0.2, 0) is 32.1 Å². The molecule has 5 nitrogen and oxygen atoms in total. The van der Waals surface area contributed by atoms with Crippen molar-refractivity contribution in [2.24, 2.45) is 0 Å². The number of carbonyl (C=O) groups excluding carboxylic acids is 2. The number of ether oxygens (including phenoxy) is 2. The minimum Gasteiger partial charge on any atom is -0.457 e.